The maximum Gasteiger partial charge on any atom is 0.232 e. The zero-order valence-corrected chi connectivity index (χ0v) is 9.05. The predicted molar refractivity (Wildman–Crippen MR) is 57.5 cm³/mol. The highest BCUT2D eigenvalue weighted by molar-refractivity contribution is 6.32. The molecule has 0 spiro atoms. The molecule has 1 aromatic rings. The molecule has 3 nitrogen and oxygen atoms in total. The van der Waals surface area contributed by atoms with E-state index in [4.69, 9.17) is 22.1 Å². The van der Waals surface area contributed by atoms with E-state index in [0.717, 1.165) is 18.4 Å². The number of unbranched alkanes of at least 4 members (excludes halogenated alkanes) is 1. The van der Waals surface area contributed by atoms with E-state index in [0.29, 0.717) is 24.1 Å². The summed E-state index contributed by atoms with van der Waals surface area (Å²) in [5, 5.41) is 0.533. The van der Waals surface area contributed by atoms with Gasteiger partial charge in [0.1, 0.15) is 5.02 Å². The number of pyridine rings is 1. The summed E-state index contributed by atoms with van der Waals surface area (Å²) in [4.78, 5) is 4.05. The van der Waals surface area contributed by atoms with Crippen LogP contribution in [0.5, 0.6) is 5.88 Å². The molecule has 0 aromatic carbocycles. The molecule has 1 heterocycles. The van der Waals surface area contributed by atoms with Crippen molar-refractivity contribution in [1.82, 2.24) is 4.98 Å². The smallest absolute Gasteiger partial charge is 0.232 e. The van der Waals surface area contributed by atoms with Crippen LogP contribution in [0.2, 0.25) is 5.02 Å². The molecular weight excluding hydrogens is 200 g/mol. The molecule has 0 amide bonds. The van der Waals surface area contributed by atoms with Gasteiger partial charge in [-0.2, -0.15) is 0 Å². The molecule has 1 aromatic heterocycles. The second kappa shape index (κ2) is 5.83. The maximum absolute atomic E-state index is 6.02. The molecule has 14 heavy (non-hydrogen) atoms. The molecule has 0 aliphatic rings. The normalized spacial score (nSPS) is 10.2. The summed E-state index contributed by atoms with van der Waals surface area (Å²) in [5.41, 5.74) is 6.38. The van der Waals surface area contributed by atoms with Crippen LogP contribution >= 0.6 is 11.6 Å². The Labute approximate surface area is 89.2 Å². The van der Waals surface area contributed by atoms with Gasteiger partial charge in [0.2, 0.25) is 5.88 Å². The first kappa shape index (κ1) is 11.3. The van der Waals surface area contributed by atoms with Crippen molar-refractivity contribution in [2.45, 2.75) is 26.3 Å². The Morgan fingerprint density at radius 3 is 3.00 bits per heavy atom. The zero-order chi connectivity index (χ0) is 10.4. The summed E-state index contributed by atoms with van der Waals surface area (Å²) >= 11 is 6.02. The van der Waals surface area contributed by atoms with Gasteiger partial charge in [-0.15, -0.1) is 0 Å². The van der Waals surface area contributed by atoms with E-state index < -0.39 is 0 Å². The monoisotopic (exact) mass is 214 g/mol. The molecule has 0 saturated heterocycles. The highest BCUT2D eigenvalue weighted by Gasteiger charge is 2.06. The first-order chi connectivity index (χ1) is 6.79. The number of halogens is 1. The van der Waals surface area contributed by atoms with E-state index in [1.165, 1.54) is 0 Å². The van der Waals surface area contributed by atoms with Gasteiger partial charge in [0.15, 0.2) is 0 Å². The van der Waals surface area contributed by atoms with Crippen LogP contribution in [0.25, 0.3) is 0 Å². The Balaban J connectivity index is 2.66. The fourth-order valence-electron chi connectivity index (χ4n) is 1.03. The van der Waals surface area contributed by atoms with Crippen LogP contribution in [0.1, 0.15) is 25.3 Å². The summed E-state index contributed by atoms with van der Waals surface area (Å²) in [5.74, 6) is 0.489. The molecule has 0 bridgehead atoms. The number of ether oxygens (including phenoxy) is 1. The van der Waals surface area contributed by atoms with E-state index in [9.17, 15) is 0 Å². The van der Waals surface area contributed by atoms with E-state index in [2.05, 4.69) is 11.9 Å². The van der Waals surface area contributed by atoms with Gasteiger partial charge in [0, 0.05) is 12.7 Å². The van der Waals surface area contributed by atoms with Gasteiger partial charge in [0.05, 0.1) is 6.61 Å². The first-order valence-corrected chi connectivity index (χ1v) is 5.13. The Bertz CT molecular complexity index is 291. The lowest BCUT2D eigenvalue weighted by Crippen LogP contribution is -2.03. The van der Waals surface area contributed by atoms with Gasteiger partial charge in [-0.25, -0.2) is 4.98 Å². The SMILES string of the molecule is CCCCOc1nccc(CN)c1Cl. The van der Waals surface area contributed by atoms with Crippen LogP contribution in [0, 0.1) is 0 Å². The number of hydrogen-bond acceptors (Lipinski definition) is 3. The van der Waals surface area contributed by atoms with Gasteiger partial charge in [0.25, 0.3) is 0 Å². The molecule has 0 aliphatic heterocycles. The predicted octanol–water partition coefficient (Wildman–Crippen LogP) is 2.37. The lowest BCUT2D eigenvalue weighted by atomic mass is 10.3. The van der Waals surface area contributed by atoms with Crippen molar-refractivity contribution in [3.63, 3.8) is 0 Å². The second-order valence-electron chi connectivity index (χ2n) is 3.00. The fourth-order valence-corrected chi connectivity index (χ4v) is 1.28. The number of nitrogens with zero attached hydrogens (tertiary/aromatic N) is 1. The zero-order valence-electron chi connectivity index (χ0n) is 8.29. The van der Waals surface area contributed by atoms with Gasteiger partial charge >= 0.3 is 0 Å². The molecule has 0 unspecified atom stereocenters. The molecule has 0 fully saturated rings. The third-order valence-electron chi connectivity index (χ3n) is 1.89. The Morgan fingerprint density at radius 1 is 1.57 bits per heavy atom. The first-order valence-electron chi connectivity index (χ1n) is 4.75. The number of aromatic nitrogens is 1. The molecule has 0 atom stereocenters. The minimum absolute atomic E-state index is 0.408. The molecule has 0 aliphatic carbocycles. The maximum atomic E-state index is 6.02. The minimum Gasteiger partial charge on any atom is -0.477 e. The summed E-state index contributed by atoms with van der Waals surface area (Å²) in [6, 6.07) is 1.80. The van der Waals surface area contributed by atoms with Crippen molar-refractivity contribution in [3.05, 3.63) is 22.8 Å². The van der Waals surface area contributed by atoms with Crippen LogP contribution in [0.15, 0.2) is 12.3 Å². The Morgan fingerprint density at radius 2 is 2.36 bits per heavy atom. The summed E-state index contributed by atoms with van der Waals surface area (Å²) in [6.45, 7) is 3.16. The van der Waals surface area contributed by atoms with Gasteiger partial charge < -0.3 is 10.5 Å². The van der Waals surface area contributed by atoms with Crippen LogP contribution in [-0.2, 0) is 6.54 Å². The van der Waals surface area contributed by atoms with Gasteiger partial charge in [-0.05, 0) is 18.1 Å². The van der Waals surface area contributed by atoms with Crippen molar-refractivity contribution >= 4 is 11.6 Å². The van der Waals surface area contributed by atoms with Crippen molar-refractivity contribution < 1.29 is 4.74 Å². The Kier molecular flexibility index (Phi) is 4.70. The molecular formula is C10H15ClN2O. The molecule has 2 N–H and O–H groups in total. The van der Waals surface area contributed by atoms with E-state index in [1.807, 2.05) is 0 Å². The van der Waals surface area contributed by atoms with Crippen LogP contribution in [-0.4, -0.2) is 11.6 Å². The number of rotatable bonds is 5. The molecule has 0 saturated carbocycles. The molecule has 1 rings (SSSR count). The van der Waals surface area contributed by atoms with Crippen molar-refractivity contribution in [3.8, 4) is 5.88 Å². The second-order valence-corrected chi connectivity index (χ2v) is 3.37. The third-order valence-corrected chi connectivity index (χ3v) is 2.30. The van der Waals surface area contributed by atoms with Crippen molar-refractivity contribution in [1.29, 1.82) is 0 Å². The minimum atomic E-state index is 0.408. The lowest BCUT2D eigenvalue weighted by Gasteiger charge is -2.08. The Hall–Kier alpha value is -0.800. The van der Waals surface area contributed by atoms with Crippen molar-refractivity contribution in [2.24, 2.45) is 5.73 Å². The summed E-state index contributed by atoms with van der Waals surface area (Å²) < 4.78 is 5.42. The van der Waals surface area contributed by atoms with Gasteiger partial charge in [-0.3, -0.25) is 0 Å². The van der Waals surface area contributed by atoms with E-state index >= 15 is 0 Å². The average molecular weight is 215 g/mol. The van der Waals surface area contributed by atoms with E-state index in [1.54, 1.807) is 12.3 Å². The highest BCUT2D eigenvalue weighted by Crippen LogP contribution is 2.25. The largest absolute Gasteiger partial charge is 0.477 e. The van der Waals surface area contributed by atoms with Crippen LogP contribution < -0.4 is 10.5 Å². The van der Waals surface area contributed by atoms with Crippen LogP contribution in [0.4, 0.5) is 0 Å². The average Bonchev–Trinajstić information content (AvgIpc) is 2.21. The van der Waals surface area contributed by atoms with Crippen molar-refractivity contribution in [2.75, 3.05) is 6.61 Å². The van der Waals surface area contributed by atoms with E-state index in [-0.39, 0.29) is 0 Å². The molecule has 4 heteroatoms. The summed E-state index contributed by atoms with van der Waals surface area (Å²) in [6.07, 6.45) is 3.76. The molecule has 0 radical (unpaired) electrons. The standard InChI is InChI=1S/C10H15ClN2O/c1-2-3-6-14-10-9(11)8(7-12)4-5-13-10/h4-5H,2-3,6-7,12H2,1H3. The van der Waals surface area contributed by atoms with Gasteiger partial charge in [-0.1, -0.05) is 24.9 Å². The highest BCUT2D eigenvalue weighted by atomic mass is 35.5. The van der Waals surface area contributed by atoms with Crippen LogP contribution in [0.3, 0.4) is 0 Å². The fraction of sp³-hybridized carbons (Fsp3) is 0.500. The third kappa shape index (κ3) is 2.86. The molecule has 78 valence electrons. The lowest BCUT2D eigenvalue weighted by molar-refractivity contribution is 0.297. The topological polar surface area (TPSA) is 48.1 Å². The number of nitrogens with two attached hydrogens (primary N) is 1. The number of hydrogen-bond donors (Lipinski definition) is 1. The summed E-state index contributed by atoms with van der Waals surface area (Å²) in [7, 11) is 0. The quantitative estimate of drug-likeness (QED) is 0.766.